The van der Waals surface area contributed by atoms with Crippen molar-refractivity contribution < 1.29 is 0 Å². The van der Waals surface area contributed by atoms with Gasteiger partial charge in [0.1, 0.15) is 0 Å². The minimum Gasteiger partial charge on any atom is -0.365 e. The highest BCUT2D eigenvalue weighted by Crippen LogP contribution is 1.43. The fraction of sp³-hybridized carbons (Fsp3) is 1.00. The summed E-state index contributed by atoms with van der Waals surface area (Å²) in [5, 5.41) is 9.41. The Bertz CT molecular complexity index is 64.1. The summed E-state index contributed by atoms with van der Waals surface area (Å²) in [6.45, 7) is 1.85. The lowest BCUT2D eigenvalue weighted by Crippen LogP contribution is -2.23. The van der Waals surface area contributed by atoms with Crippen LogP contribution in [0.1, 0.15) is 0 Å². The molecule has 0 aliphatic rings. The van der Waals surface area contributed by atoms with Crippen LogP contribution in [0.4, 0.5) is 0 Å². The van der Waals surface area contributed by atoms with E-state index in [0.717, 1.165) is 0 Å². The van der Waals surface area contributed by atoms with Crippen LogP contribution < -0.4 is 26.6 Å². The Hall–Kier alpha value is 0.125. The molecule has 0 atom stereocenters. The van der Waals surface area contributed by atoms with Crippen molar-refractivity contribution in [2.75, 3.05) is 26.2 Å². The molecule has 0 bridgehead atoms. The van der Waals surface area contributed by atoms with Crippen LogP contribution in [0.3, 0.4) is 0 Å². The van der Waals surface area contributed by atoms with Gasteiger partial charge in [0, 0.05) is 6.67 Å². The second kappa shape index (κ2) is 29.2. The zero-order valence-electron chi connectivity index (χ0n) is 8.29. The van der Waals surface area contributed by atoms with Crippen LogP contribution in [0.2, 0.25) is 0 Å². The number of hydrogen-bond acceptors (Lipinski definition) is 5. The third kappa shape index (κ3) is 57.1. The molecule has 0 unspecified atom stereocenters. The topological polar surface area (TPSA) is 74.1 Å². The van der Waals surface area contributed by atoms with Crippen molar-refractivity contribution in [1.29, 1.82) is 0 Å². The molecule has 0 aliphatic heterocycles. The standard InChI is InChI=1S/C2H6B2N2.CH4B2N2.CH4BN/c3-5-1-2-6-4;2-4-1-5-3;2-1-3/h5-6H,1-2H2;4-5H,1H2;1,3H2. The van der Waals surface area contributed by atoms with Crippen LogP contribution in [-0.4, -0.2) is 66.0 Å². The Balaban J connectivity index is -0.000000138. The predicted octanol–water partition coefficient (Wildman–Crippen LogP) is -4.31. The maximum Gasteiger partial charge on any atom is 0.179 e. The molecule has 6 N–H and O–H groups in total. The van der Waals surface area contributed by atoms with E-state index in [-0.39, 0.29) is 6.44 Å². The lowest BCUT2D eigenvalue weighted by Gasteiger charge is -1.93. The van der Waals surface area contributed by atoms with Gasteiger partial charge < -0.3 is 26.6 Å². The largest absolute Gasteiger partial charge is 0.365 e. The van der Waals surface area contributed by atoms with Gasteiger partial charge >= 0.3 is 0 Å². The summed E-state index contributed by atoms with van der Waals surface area (Å²) in [5.41, 5.74) is 4.62. The SMILES string of the molecule is [B]CN.[B]NCCN[B].[B]NCN[B]. The van der Waals surface area contributed by atoms with Crippen LogP contribution in [0, 0.1) is 0 Å². The maximum absolute atomic E-state index is 4.87. The minimum atomic E-state index is 0.250. The van der Waals surface area contributed by atoms with Crippen molar-refractivity contribution in [2.24, 2.45) is 5.73 Å². The quantitative estimate of drug-likeness (QED) is 0.171. The van der Waals surface area contributed by atoms with Gasteiger partial charge in [0.15, 0.2) is 31.9 Å². The molecule has 0 fully saturated rings. The molecule has 0 spiro atoms. The predicted molar refractivity (Wildman–Crippen MR) is 65.0 cm³/mol. The number of nitrogens with one attached hydrogen (secondary N) is 4. The second-order valence-electron chi connectivity index (χ2n) is 1.73. The highest BCUT2D eigenvalue weighted by Gasteiger charge is 1.71. The number of rotatable bonds is 5. The normalized spacial score (nSPS) is 7.79. The van der Waals surface area contributed by atoms with Gasteiger partial charge in [-0.1, -0.05) is 0 Å². The fourth-order valence-electron chi connectivity index (χ4n) is 0.203. The second-order valence-corrected chi connectivity index (χ2v) is 1.73. The Labute approximate surface area is 93.2 Å². The van der Waals surface area contributed by atoms with E-state index in [2.05, 4.69) is 34.5 Å². The zero-order valence-corrected chi connectivity index (χ0v) is 8.29. The maximum atomic E-state index is 4.87. The smallest absolute Gasteiger partial charge is 0.179 e. The molecule has 0 aromatic rings. The lowest BCUT2D eigenvalue weighted by molar-refractivity contribution is 0.856. The van der Waals surface area contributed by atoms with E-state index in [4.69, 9.17) is 31.9 Å². The summed E-state index contributed by atoms with van der Waals surface area (Å²) >= 11 is 0. The fourth-order valence-corrected chi connectivity index (χ4v) is 0.203. The van der Waals surface area contributed by atoms with Gasteiger partial charge in [-0.3, -0.25) is 0 Å². The van der Waals surface area contributed by atoms with Crippen molar-refractivity contribution in [3.63, 3.8) is 0 Å². The summed E-state index contributed by atoms with van der Waals surface area (Å²) in [5.74, 6) is 0. The average molecular weight is 186 g/mol. The van der Waals surface area contributed by atoms with Crippen LogP contribution in [-0.2, 0) is 0 Å². The molecule has 0 saturated carbocycles. The van der Waals surface area contributed by atoms with Crippen molar-refractivity contribution >= 4 is 39.8 Å². The number of hydrogen-bond donors (Lipinski definition) is 5. The van der Waals surface area contributed by atoms with Crippen molar-refractivity contribution in [3.8, 4) is 0 Å². The van der Waals surface area contributed by atoms with E-state index in [1.165, 1.54) is 0 Å². The summed E-state index contributed by atoms with van der Waals surface area (Å²) in [7, 11) is 23.9. The molecule has 0 heterocycles. The van der Waals surface area contributed by atoms with E-state index in [1.54, 1.807) is 0 Å². The van der Waals surface area contributed by atoms with Crippen molar-refractivity contribution in [2.45, 2.75) is 0 Å². The average Bonchev–Trinajstić information content (AvgIpc) is 2.18. The van der Waals surface area contributed by atoms with Crippen LogP contribution in [0.25, 0.3) is 0 Å². The highest BCUT2D eigenvalue weighted by atomic mass is 14.9. The van der Waals surface area contributed by atoms with Gasteiger partial charge in [0.2, 0.25) is 0 Å². The van der Waals surface area contributed by atoms with E-state index in [1.807, 2.05) is 0 Å². The molecule has 10 radical (unpaired) electrons. The molecular formula is C4H14B5N5. The Morgan fingerprint density at radius 3 is 1.14 bits per heavy atom. The third-order valence-electron chi connectivity index (χ3n) is 0.618. The van der Waals surface area contributed by atoms with Crippen LogP contribution >= 0.6 is 0 Å². The first-order valence-corrected chi connectivity index (χ1v) is 3.89. The summed E-state index contributed by atoms with van der Waals surface area (Å²) in [6.07, 6.45) is 0.250. The van der Waals surface area contributed by atoms with E-state index < -0.39 is 0 Å². The van der Waals surface area contributed by atoms with Gasteiger partial charge in [0.05, 0.1) is 7.85 Å². The minimum absolute atomic E-state index is 0.250. The first kappa shape index (κ1) is 19.7. The Morgan fingerprint density at radius 2 is 1.07 bits per heavy atom. The first-order valence-electron chi connectivity index (χ1n) is 3.89. The molecule has 14 heavy (non-hydrogen) atoms. The molecule has 0 rings (SSSR count). The molecule has 5 nitrogen and oxygen atoms in total. The molecule has 0 aromatic heterocycles. The van der Waals surface area contributed by atoms with E-state index >= 15 is 0 Å². The van der Waals surface area contributed by atoms with Crippen molar-refractivity contribution in [3.05, 3.63) is 0 Å². The Morgan fingerprint density at radius 1 is 0.786 bits per heavy atom. The van der Waals surface area contributed by atoms with Gasteiger partial charge in [-0.2, -0.15) is 0 Å². The molecule has 0 aliphatic carbocycles. The lowest BCUT2D eigenvalue weighted by atomic mass is 10.2. The van der Waals surface area contributed by atoms with Gasteiger partial charge in [-0.15, -0.1) is 0 Å². The van der Waals surface area contributed by atoms with Crippen LogP contribution in [0.5, 0.6) is 0 Å². The van der Waals surface area contributed by atoms with Gasteiger partial charge in [0.25, 0.3) is 0 Å². The summed E-state index contributed by atoms with van der Waals surface area (Å²) in [6, 6.07) is 0. The molecule has 70 valence electrons. The Kier molecular flexibility index (Phi) is 41.0. The molecule has 0 aromatic carbocycles. The highest BCUT2D eigenvalue weighted by molar-refractivity contribution is 6.08. The monoisotopic (exact) mass is 187 g/mol. The number of nitrogens with two attached hydrogens (primary N) is 1. The van der Waals surface area contributed by atoms with Crippen molar-refractivity contribution in [1.82, 2.24) is 20.9 Å². The van der Waals surface area contributed by atoms with Gasteiger partial charge in [-0.25, -0.2) is 0 Å². The first-order chi connectivity index (χ1) is 6.74. The zero-order chi connectivity index (χ0) is 11.7. The summed E-state index contributed by atoms with van der Waals surface area (Å²) in [4.78, 5) is 0. The van der Waals surface area contributed by atoms with Gasteiger partial charge in [-0.05, 0) is 19.5 Å². The molecule has 0 amide bonds. The molecule has 10 heteroatoms. The molecular weight excluding hydrogens is 172 g/mol. The molecule has 0 saturated heterocycles. The third-order valence-corrected chi connectivity index (χ3v) is 0.618. The van der Waals surface area contributed by atoms with Crippen LogP contribution in [0.15, 0.2) is 0 Å². The van der Waals surface area contributed by atoms with E-state index in [9.17, 15) is 0 Å². The summed E-state index contributed by atoms with van der Waals surface area (Å²) < 4.78 is 0. The van der Waals surface area contributed by atoms with E-state index in [0.29, 0.717) is 19.8 Å².